The third kappa shape index (κ3) is 3.39. The molecule has 142 valence electrons. The molecule has 1 aliphatic heterocycles. The quantitative estimate of drug-likeness (QED) is 0.555. The van der Waals surface area contributed by atoms with E-state index < -0.39 is 0 Å². The van der Waals surface area contributed by atoms with Crippen LogP contribution in [0.2, 0.25) is 0 Å². The van der Waals surface area contributed by atoms with E-state index in [4.69, 9.17) is 9.72 Å². The molecule has 3 aromatic heterocycles. The van der Waals surface area contributed by atoms with Gasteiger partial charge in [0.25, 0.3) is 5.91 Å². The maximum atomic E-state index is 12.6. The summed E-state index contributed by atoms with van der Waals surface area (Å²) in [5.74, 6) is -0.112. The average molecular weight is 412 g/mol. The molecule has 1 aromatic carbocycles. The number of amides is 1. The van der Waals surface area contributed by atoms with E-state index in [-0.39, 0.29) is 5.91 Å². The van der Waals surface area contributed by atoms with E-state index in [0.29, 0.717) is 4.88 Å². The van der Waals surface area contributed by atoms with Crippen LogP contribution >= 0.6 is 22.7 Å². The molecule has 5 rings (SSSR count). The van der Waals surface area contributed by atoms with Crippen LogP contribution in [0.4, 0.5) is 10.8 Å². The molecule has 1 fully saturated rings. The molecular formula is C19H17N5O2S2. The predicted molar refractivity (Wildman–Crippen MR) is 112 cm³/mol. The number of aromatic nitrogens is 3. The number of hydrogen-bond donors (Lipinski definition) is 1. The zero-order valence-electron chi connectivity index (χ0n) is 14.9. The smallest absolute Gasteiger partial charge is 0.265 e. The Morgan fingerprint density at radius 3 is 2.68 bits per heavy atom. The lowest BCUT2D eigenvalue weighted by Gasteiger charge is -2.25. The first-order valence-electron chi connectivity index (χ1n) is 8.89. The summed E-state index contributed by atoms with van der Waals surface area (Å²) in [4.78, 5) is 25.2. The van der Waals surface area contributed by atoms with Gasteiger partial charge < -0.3 is 19.5 Å². The van der Waals surface area contributed by atoms with Gasteiger partial charge in [-0.25, -0.2) is 9.97 Å². The highest BCUT2D eigenvalue weighted by Gasteiger charge is 2.18. The predicted octanol–water partition coefficient (Wildman–Crippen LogP) is 3.63. The number of thiophene rings is 1. The molecule has 0 atom stereocenters. The first-order valence-corrected chi connectivity index (χ1v) is 10.5. The molecule has 1 saturated heterocycles. The van der Waals surface area contributed by atoms with Crippen molar-refractivity contribution in [2.24, 2.45) is 0 Å². The molecular weight excluding hydrogens is 394 g/mol. The SMILES string of the molecule is O=C(Nc1ccc(-n2ccnc2)cc1)c1cc2sc(N3CCOCC3)nc2s1. The molecule has 0 saturated carbocycles. The Bertz CT molecular complexity index is 1060. The average Bonchev–Trinajstić information content (AvgIpc) is 3.45. The molecule has 1 amide bonds. The third-order valence-corrected chi connectivity index (χ3v) is 6.73. The standard InChI is InChI=1S/C19H17N5O2S2/c25-17(21-13-1-3-14(4-2-13)24-6-5-20-12-24)15-11-16-18(27-15)22-19(28-16)23-7-9-26-10-8-23/h1-6,11-12H,7-10H2,(H,21,25). The van der Waals surface area contributed by atoms with Crippen LogP contribution in [0.3, 0.4) is 0 Å². The van der Waals surface area contributed by atoms with E-state index in [1.54, 1.807) is 23.9 Å². The van der Waals surface area contributed by atoms with Crippen molar-refractivity contribution in [3.8, 4) is 5.69 Å². The van der Waals surface area contributed by atoms with Crippen LogP contribution < -0.4 is 10.2 Å². The Kier molecular flexibility index (Phi) is 4.55. The number of nitrogens with zero attached hydrogens (tertiary/aromatic N) is 4. The van der Waals surface area contributed by atoms with Gasteiger partial charge in [-0.05, 0) is 30.3 Å². The Morgan fingerprint density at radius 1 is 1.14 bits per heavy atom. The Balaban J connectivity index is 1.29. The first-order chi connectivity index (χ1) is 13.8. The Labute approximate surface area is 169 Å². The van der Waals surface area contributed by atoms with Crippen molar-refractivity contribution in [3.63, 3.8) is 0 Å². The molecule has 0 aliphatic carbocycles. The van der Waals surface area contributed by atoms with Gasteiger partial charge in [-0.2, -0.15) is 0 Å². The zero-order valence-corrected chi connectivity index (χ0v) is 16.5. The van der Waals surface area contributed by atoms with Gasteiger partial charge in [0, 0.05) is 36.9 Å². The molecule has 0 bridgehead atoms. The number of fused-ring (bicyclic) bond motifs is 1. The van der Waals surface area contributed by atoms with Crippen LogP contribution in [0.5, 0.6) is 0 Å². The number of ether oxygens (including phenoxy) is 1. The van der Waals surface area contributed by atoms with E-state index in [1.165, 1.54) is 11.3 Å². The summed E-state index contributed by atoms with van der Waals surface area (Å²) < 4.78 is 8.35. The molecule has 4 heterocycles. The van der Waals surface area contributed by atoms with E-state index >= 15 is 0 Å². The number of anilines is 2. The van der Waals surface area contributed by atoms with Crippen molar-refractivity contribution in [3.05, 3.63) is 53.9 Å². The highest BCUT2D eigenvalue weighted by molar-refractivity contribution is 7.29. The fourth-order valence-electron chi connectivity index (χ4n) is 3.05. The molecule has 9 heteroatoms. The molecule has 4 aromatic rings. The van der Waals surface area contributed by atoms with Crippen LogP contribution in [-0.2, 0) is 4.74 Å². The molecule has 0 radical (unpaired) electrons. The Hall–Kier alpha value is -2.75. The number of carbonyl (C=O) groups is 1. The van der Waals surface area contributed by atoms with E-state index in [1.807, 2.05) is 41.1 Å². The lowest BCUT2D eigenvalue weighted by Crippen LogP contribution is -2.36. The summed E-state index contributed by atoms with van der Waals surface area (Å²) in [6.45, 7) is 3.20. The van der Waals surface area contributed by atoms with Gasteiger partial charge in [0.05, 0.1) is 29.1 Å². The van der Waals surface area contributed by atoms with Gasteiger partial charge >= 0.3 is 0 Å². The number of thiazole rings is 1. The second kappa shape index (κ2) is 7.34. The molecule has 28 heavy (non-hydrogen) atoms. The number of imidazole rings is 1. The van der Waals surface area contributed by atoms with Crippen molar-refractivity contribution in [2.75, 3.05) is 36.5 Å². The molecule has 1 N–H and O–H groups in total. The minimum Gasteiger partial charge on any atom is -0.378 e. The van der Waals surface area contributed by atoms with Crippen LogP contribution in [0.25, 0.3) is 15.2 Å². The highest BCUT2D eigenvalue weighted by atomic mass is 32.1. The van der Waals surface area contributed by atoms with Gasteiger partial charge in [0.1, 0.15) is 4.83 Å². The number of morpholine rings is 1. The van der Waals surface area contributed by atoms with Crippen molar-refractivity contribution < 1.29 is 9.53 Å². The van der Waals surface area contributed by atoms with Gasteiger partial charge in [0.2, 0.25) is 0 Å². The topological polar surface area (TPSA) is 72.3 Å². The fourth-order valence-corrected chi connectivity index (χ4v) is 5.20. The Morgan fingerprint density at radius 2 is 1.96 bits per heavy atom. The summed E-state index contributed by atoms with van der Waals surface area (Å²) >= 11 is 3.06. The molecule has 0 unspecified atom stereocenters. The minimum atomic E-state index is -0.112. The summed E-state index contributed by atoms with van der Waals surface area (Å²) in [5.41, 5.74) is 1.75. The van der Waals surface area contributed by atoms with E-state index in [2.05, 4.69) is 15.2 Å². The second-order valence-electron chi connectivity index (χ2n) is 6.35. The van der Waals surface area contributed by atoms with Crippen LogP contribution in [0.15, 0.2) is 49.1 Å². The first kappa shape index (κ1) is 17.4. The van der Waals surface area contributed by atoms with Gasteiger partial charge in [-0.1, -0.05) is 11.3 Å². The molecule has 7 nitrogen and oxygen atoms in total. The van der Waals surface area contributed by atoms with E-state index in [9.17, 15) is 4.79 Å². The monoisotopic (exact) mass is 411 g/mol. The summed E-state index contributed by atoms with van der Waals surface area (Å²) in [6, 6.07) is 9.59. The molecule has 0 spiro atoms. The largest absolute Gasteiger partial charge is 0.378 e. The number of rotatable bonds is 4. The summed E-state index contributed by atoms with van der Waals surface area (Å²) in [6.07, 6.45) is 5.35. The van der Waals surface area contributed by atoms with Gasteiger partial charge in [0.15, 0.2) is 5.13 Å². The van der Waals surface area contributed by atoms with Crippen molar-refractivity contribution in [1.82, 2.24) is 14.5 Å². The van der Waals surface area contributed by atoms with Crippen LogP contribution in [-0.4, -0.2) is 46.7 Å². The van der Waals surface area contributed by atoms with E-state index in [0.717, 1.165) is 52.3 Å². The lowest BCUT2D eigenvalue weighted by molar-refractivity contribution is 0.103. The van der Waals surface area contributed by atoms with Gasteiger partial charge in [-0.15, -0.1) is 11.3 Å². The summed E-state index contributed by atoms with van der Waals surface area (Å²) in [5, 5.41) is 3.96. The maximum Gasteiger partial charge on any atom is 0.265 e. The summed E-state index contributed by atoms with van der Waals surface area (Å²) in [7, 11) is 0. The minimum absolute atomic E-state index is 0.112. The van der Waals surface area contributed by atoms with Crippen molar-refractivity contribution in [1.29, 1.82) is 0 Å². The van der Waals surface area contributed by atoms with Crippen LogP contribution in [0, 0.1) is 0 Å². The molecule has 1 aliphatic rings. The lowest BCUT2D eigenvalue weighted by atomic mass is 10.2. The normalized spacial score (nSPS) is 14.5. The zero-order chi connectivity index (χ0) is 18.9. The number of nitrogens with one attached hydrogen (secondary N) is 1. The number of hydrogen-bond acceptors (Lipinski definition) is 7. The van der Waals surface area contributed by atoms with Crippen molar-refractivity contribution >= 4 is 48.9 Å². The third-order valence-electron chi connectivity index (χ3n) is 4.51. The van der Waals surface area contributed by atoms with Gasteiger partial charge in [-0.3, -0.25) is 4.79 Å². The number of carbonyl (C=O) groups excluding carboxylic acids is 1. The highest BCUT2D eigenvalue weighted by Crippen LogP contribution is 2.35. The number of benzene rings is 1. The second-order valence-corrected chi connectivity index (χ2v) is 8.39. The maximum absolute atomic E-state index is 12.6. The fraction of sp³-hybridized carbons (Fsp3) is 0.211. The van der Waals surface area contributed by atoms with Crippen molar-refractivity contribution in [2.45, 2.75) is 0 Å². The van der Waals surface area contributed by atoms with Crippen LogP contribution in [0.1, 0.15) is 9.67 Å².